The lowest BCUT2D eigenvalue weighted by Crippen LogP contribution is -1.97. The first-order valence-corrected chi connectivity index (χ1v) is 6.03. The van der Waals surface area contributed by atoms with Crippen molar-refractivity contribution in [3.05, 3.63) is 47.8 Å². The molecule has 1 aliphatic carbocycles. The molecule has 0 saturated carbocycles. The SMILES string of the molecule is CC1=CCCc2cc(-c3cnn(C)c3)ccc21. The number of fused-ring (bicyclic) bond motifs is 1. The summed E-state index contributed by atoms with van der Waals surface area (Å²) in [6.07, 6.45) is 8.63. The second-order valence-corrected chi connectivity index (χ2v) is 4.70. The number of aromatic nitrogens is 2. The van der Waals surface area contributed by atoms with E-state index in [2.05, 4.69) is 42.5 Å². The molecule has 2 aromatic rings. The highest BCUT2D eigenvalue weighted by molar-refractivity contribution is 5.73. The number of rotatable bonds is 1. The Bertz CT molecular complexity index is 591. The summed E-state index contributed by atoms with van der Waals surface area (Å²) in [6.45, 7) is 2.20. The average molecular weight is 224 g/mol. The molecule has 0 unspecified atom stereocenters. The van der Waals surface area contributed by atoms with Crippen LogP contribution in [0.1, 0.15) is 24.5 Å². The molecule has 2 heteroatoms. The van der Waals surface area contributed by atoms with Gasteiger partial charge in [0.2, 0.25) is 0 Å². The van der Waals surface area contributed by atoms with Crippen LogP contribution in [-0.4, -0.2) is 9.78 Å². The van der Waals surface area contributed by atoms with Crippen LogP contribution >= 0.6 is 0 Å². The molecule has 0 radical (unpaired) electrons. The Morgan fingerprint density at radius 1 is 1.24 bits per heavy atom. The Labute approximate surface area is 102 Å². The molecule has 1 heterocycles. The minimum atomic E-state index is 1.15. The molecule has 0 spiro atoms. The molecular formula is C15H16N2. The maximum atomic E-state index is 4.23. The standard InChI is InChI=1S/C15H16N2/c1-11-4-3-5-13-8-12(6-7-15(11)13)14-9-16-17(2)10-14/h4,6-10H,3,5H2,1-2H3. The van der Waals surface area contributed by atoms with Crippen LogP contribution in [-0.2, 0) is 13.5 Å². The highest BCUT2D eigenvalue weighted by atomic mass is 15.2. The van der Waals surface area contributed by atoms with Gasteiger partial charge in [-0.2, -0.15) is 5.10 Å². The lowest BCUT2D eigenvalue weighted by molar-refractivity contribution is 0.768. The fourth-order valence-electron chi connectivity index (χ4n) is 2.49. The van der Waals surface area contributed by atoms with Crippen molar-refractivity contribution < 1.29 is 0 Å². The number of hydrogen-bond acceptors (Lipinski definition) is 1. The van der Waals surface area contributed by atoms with Crippen LogP contribution in [0.2, 0.25) is 0 Å². The summed E-state index contributed by atoms with van der Waals surface area (Å²) >= 11 is 0. The summed E-state index contributed by atoms with van der Waals surface area (Å²) in [4.78, 5) is 0. The van der Waals surface area contributed by atoms with Gasteiger partial charge in [0.15, 0.2) is 0 Å². The van der Waals surface area contributed by atoms with E-state index in [9.17, 15) is 0 Å². The largest absolute Gasteiger partial charge is 0.275 e. The van der Waals surface area contributed by atoms with Gasteiger partial charge in [0, 0.05) is 18.8 Å². The Balaban J connectivity index is 2.07. The predicted octanol–water partition coefficient (Wildman–Crippen LogP) is 3.44. The molecule has 0 fully saturated rings. The van der Waals surface area contributed by atoms with Crippen molar-refractivity contribution in [3.8, 4) is 11.1 Å². The summed E-state index contributed by atoms with van der Waals surface area (Å²) in [5.41, 5.74) is 6.74. The normalized spacial score (nSPS) is 14.4. The van der Waals surface area contributed by atoms with Crippen molar-refractivity contribution in [3.63, 3.8) is 0 Å². The summed E-state index contributed by atoms with van der Waals surface area (Å²) in [7, 11) is 1.95. The zero-order chi connectivity index (χ0) is 11.8. The first kappa shape index (κ1) is 10.3. The number of hydrogen-bond donors (Lipinski definition) is 0. The zero-order valence-corrected chi connectivity index (χ0v) is 10.3. The highest BCUT2D eigenvalue weighted by Crippen LogP contribution is 2.30. The monoisotopic (exact) mass is 224 g/mol. The van der Waals surface area contributed by atoms with E-state index in [1.165, 1.54) is 27.8 Å². The van der Waals surface area contributed by atoms with E-state index in [0.29, 0.717) is 0 Å². The van der Waals surface area contributed by atoms with Gasteiger partial charge >= 0.3 is 0 Å². The fraction of sp³-hybridized carbons (Fsp3) is 0.267. The minimum absolute atomic E-state index is 1.15. The quantitative estimate of drug-likeness (QED) is 0.725. The summed E-state index contributed by atoms with van der Waals surface area (Å²) in [5.74, 6) is 0. The number of aryl methyl sites for hydroxylation is 2. The molecule has 0 bridgehead atoms. The van der Waals surface area contributed by atoms with Crippen molar-refractivity contribution >= 4 is 5.57 Å². The maximum absolute atomic E-state index is 4.23. The van der Waals surface area contributed by atoms with E-state index in [-0.39, 0.29) is 0 Å². The Kier molecular flexibility index (Phi) is 2.36. The molecule has 0 N–H and O–H groups in total. The topological polar surface area (TPSA) is 17.8 Å². The van der Waals surface area contributed by atoms with Gasteiger partial charge in [-0.15, -0.1) is 0 Å². The molecule has 0 aliphatic heterocycles. The van der Waals surface area contributed by atoms with Crippen molar-refractivity contribution in [1.29, 1.82) is 0 Å². The van der Waals surface area contributed by atoms with E-state index < -0.39 is 0 Å². The average Bonchev–Trinajstić information content (AvgIpc) is 2.76. The van der Waals surface area contributed by atoms with Crippen LogP contribution in [0, 0.1) is 0 Å². The summed E-state index contributed by atoms with van der Waals surface area (Å²) < 4.78 is 1.85. The molecule has 86 valence electrons. The van der Waals surface area contributed by atoms with E-state index in [0.717, 1.165) is 12.8 Å². The maximum Gasteiger partial charge on any atom is 0.0568 e. The van der Waals surface area contributed by atoms with Gasteiger partial charge in [0.05, 0.1) is 6.20 Å². The minimum Gasteiger partial charge on any atom is -0.275 e. The highest BCUT2D eigenvalue weighted by Gasteiger charge is 2.10. The van der Waals surface area contributed by atoms with Crippen LogP contribution in [0.15, 0.2) is 36.7 Å². The van der Waals surface area contributed by atoms with Crippen LogP contribution in [0.25, 0.3) is 16.7 Å². The van der Waals surface area contributed by atoms with Gasteiger partial charge < -0.3 is 0 Å². The van der Waals surface area contributed by atoms with E-state index >= 15 is 0 Å². The van der Waals surface area contributed by atoms with E-state index in [4.69, 9.17) is 0 Å². The van der Waals surface area contributed by atoms with Gasteiger partial charge in [0.1, 0.15) is 0 Å². The molecule has 1 aliphatic rings. The molecule has 0 amide bonds. The molecule has 1 aromatic heterocycles. The lowest BCUT2D eigenvalue weighted by Gasteiger charge is -2.15. The van der Waals surface area contributed by atoms with Crippen molar-refractivity contribution in [2.45, 2.75) is 19.8 Å². The fourth-order valence-corrected chi connectivity index (χ4v) is 2.49. The Hall–Kier alpha value is -1.83. The molecule has 1 aromatic carbocycles. The number of nitrogens with zero attached hydrogens (tertiary/aromatic N) is 2. The third-order valence-corrected chi connectivity index (χ3v) is 3.43. The van der Waals surface area contributed by atoms with Gasteiger partial charge in [-0.25, -0.2) is 0 Å². The van der Waals surface area contributed by atoms with Crippen molar-refractivity contribution in [2.75, 3.05) is 0 Å². The summed E-state index contributed by atoms with van der Waals surface area (Å²) in [6, 6.07) is 6.74. The van der Waals surface area contributed by atoms with Crippen LogP contribution < -0.4 is 0 Å². The second kappa shape index (κ2) is 3.88. The third-order valence-electron chi connectivity index (χ3n) is 3.43. The van der Waals surface area contributed by atoms with Gasteiger partial charge in [-0.3, -0.25) is 4.68 Å². The third kappa shape index (κ3) is 1.80. The number of allylic oxidation sites excluding steroid dienone is 2. The molecular weight excluding hydrogens is 208 g/mol. The zero-order valence-electron chi connectivity index (χ0n) is 10.3. The smallest absolute Gasteiger partial charge is 0.0568 e. The molecule has 2 nitrogen and oxygen atoms in total. The van der Waals surface area contributed by atoms with Gasteiger partial charge in [0.25, 0.3) is 0 Å². The van der Waals surface area contributed by atoms with Crippen LogP contribution in [0.4, 0.5) is 0 Å². The Morgan fingerprint density at radius 3 is 2.88 bits per heavy atom. The molecule has 3 rings (SSSR count). The first-order valence-electron chi connectivity index (χ1n) is 6.03. The lowest BCUT2D eigenvalue weighted by atomic mass is 9.89. The van der Waals surface area contributed by atoms with E-state index in [1.54, 1.807) is 0 Å². The van der Waals surface area contributed by atoms with Gasteiger partial charge in [-0.05, 0) is 42.0 Å². The second-order valence-electron chi connectivity index (χ2n) is 4.70. The first-order chi connectivity index (χ1) is 8.24. The van der Waals surface area contributed by atoms with Crippen LogP contribution in [0.3, 0.4) is 0 Å². The molecule has 0 atom stereocenters. The molecule has 17 heavy (non-hydrogen) atoms. The summed E-state index contributed by atoms with van der Waals surface area (Å²) in [5, 5.41) is 4.23. The Morgan fingerprint density at radius 2 is 2.12 bits per heavy atom. The van der Waals surface area contributed by atoms with Gasteiger partial charge in [-0.1, -0.05) is 24.3 Å². The van der Waals surface area contributed by atoms with Crippen LogP contribution in [0.5, 0.6) is 0 Å². The van der Waals surface area contributed by atoms with Crippen molar-refractivity contribution in [1.82, 2.24) is 9.78 Å². The number of benzene rings is 1. The molecule has 0 saturated heterocycles. The predicted molar refractivity (Wildman–Crippen MR) is 70.6 cm³/mol. The van der Waals surface area contributed by atoms with Crippen molar-refractivity contribution in [2.24, 2.45) is 7.05 Å². The van der Waals surface area contributed by atoms with E-state index in [1.807, 2.05) is 17.9 Å².